The Balaban J connectivity index is 1.97. The van der Waals surface area contributed by atoms with Gasteiger partial charge in [0.15, 0.2) is 0 Å². The van der Waals surface area contributed by atoms with Crippen molar-refractivity contribution >= 4 is 17.0 Å². The predicted octanol–water partition coefficient (Wildman–Crippen LogP) is 1.21. The van der Waals surface area contributed by atoms with Crippen molar-refractivity contribution < 1.29 is 0 Å². The Labute approximate surface area is 106 Å². The molecule has 1 aromatic carbocycles. The highest BCUT2D eigenvalue weighted by Gasteiger charge is 2.23. The van der Waals surface area contributed by atoms with Crippen LogP contribution in [0.3, 0.4) is 0 Å². The molecular weight excluding hydrogens is 226 g/mol. The Hall–Kier alpha value is -1.75. The first-order chi connectivity index (χ1) is 8.88. The lowest BCUT2D eigenvalue weighted by atomic mass is 10.1. The van der Waals surface area contributed by atoms with Crippen molar-refractivity contribution in [3.8, 4) is 0 Å². The molecular formula is C13H17N5. The van der Waals surface area contributed by atoms with Gasteiger partial charge in [0.2, 0.25) is 5.95 Å². The zero-order valence-corrected chi connectivity index (χ0v) is 10.5. The standard InChI is InChI=1S/C13H17N5/c1-2-10-9-14-7-8-18(10)13-15-11-5-3-4-6-12(11)16-17-13/h3-6,10,14H,2,7-9H2,1H3. The summed E-state index contributed by atoms with van der Waals surface area (Å²) in [6, 6.07) is 8.32. The molecule has 1 unspecified atom stereocenters. The highest BCUT2D eigenvalue weighted by atomic mass is 15.4. The summed E-state index contributed by atoms with van der Waals surface area (Å²) < 4.78 is 0. The number of nitrogens with one attached hydrogen (secondary N) is 1. The summed E-state index contributed by atoms with van der Waals surface area (Å²) in [5.41, 5.74) is 1.76. The summed E-state index contributed by atoms with van der Waals surface area (Å²) in [5.74, 6) is 0.752. The van der Waals surface area contributed by atoms with Gasteiger partial charge in [-0.05, 0) is 18.6 Å². The van der Waals surface area contributed by atoms with E-state index in [0.29, 0.717) is 6.04 Å². The fourth-order valence-electron chi connectivity index (χ4n) is 2.38. The van der Waals surface area contributed by atoms with Gasteiger partial charge < -0.3 is 10.2 Å². The van der Waals surface area contributed by atoms with Gasteiger partial charge >= 0.3 is 0 Å². The molecule has 0 saturated carbocycles. The third kappa shape index (κ3) is 2.01. The van der Waals surface area contributed by atoms with Crippen LogP contribution in [0.1, 0.15) is 13.3 Å². The molecule has 18 heavy (non-hydrogen) atoms. The Morgan fingerprint density at radius 1 is 1.28 bits per heavy atom. The average Bonchev–Trinajstić information content (AvgIpc) is 2.46. The van der Waals surface area contributed by atoms with Gasteiger partial charge in [-0.25, -0.2) is 4.98 Å². The molecule has 1 aliphatic rings. The lowest BCUT2D eigenvalue weighted by Crippen LogP contribution is -2.51. The zero-order chi connectivity index (χ0) is 12.4. The number of nitrogens with zero attached hydrogens (tertiary/aromatic N) is 4. The first-order valence-electron chi connectivity index (χ1n) is 6.45. The third-order valence-corrected chi connectivity index (χ3v) is 3.43. The molecule has 5 nitrogen and oxygen atoms in total. The minimum atomic E-state index is 0.460. The number of fused-ring (bicyclic) bond motifs is 1. The highest BCUT2D eigenvalue weighted by molar-refractivity contribution is 5.74. The maximum absolute atomic E-state index is 4.62. The van der Waals surface area contributed by atoms with Crippen molar-refractivity contribution in [1.82, 2.24) is 20.5 Å². The van der Waals surface area contributed by atoms with Gasteiger partial charge in [0.25, 0.3) is 0 Å². The van der Waals surface area contributed by atoms with Gasteiger partial charge in [-0.3, -0.25) is 0 Å². The number of aromatic nitrogens is 3. The second-order valence-electron chi connectivity index (χ2n) is 4.56. The van der Waals surface area contributed by atoms with Crippen molar-refractivity contribution in [3.63, 3.8) is 0 Å². The van der Waals surface area contributed by atoms with E-state index in [1.165, 1.54) is 0 Å². The van der Waals surface area contributed by atoms with Crippen LogP contribution < -0.4 is 10.2 Å². The molecule has 0 bridgehead atoms. The van der Waals surface area contributed by atoms with Crippen LogP contribution in [-0.4, -0.2) is 40.9 Å². The topological polar surface area (TPSA) is 53.9 Å². The van der Waals surface area contributed by atoms with Crippen LogP contribution in [-0.2, 0) is 0 Å². The molecule has 1 aromatic heterocycles. The first kappa shape index (κ1) is 11.3. The van der Waals surface area contributed by atoms with Gasteiger partial charge in [0, 0.05) is 25.7 Å². The van der Waals surface area contributed by atoms with Crippen LogP contribution in [0.4, 0.5) is 5.95 Å². The van der Waals surface area contributed by atoms with Crippen LogP contribution >= 0.6 is 0 Å². The van der Waals surface area contributed by atoms with Gasteiger partial charge in [-0.15, -0.1) is 10.2 Å². The van der Waals surface area contributed by atoms with Crippen LogP contribution in [0, 0.1) is 0 Å². The van der Waals surface area contributed by atoms with Crippen molar-refractivity contribution in [1.29, 1.82) is 0 Å². The minimum absolute atomic E-state index is 0.460. The number of hydrogen-bond acceptors (Lipinski definition) is 5. The second-order valence-corrected chi connectivity index (χ2v) is 4.56. The molecule has 94 valence electrons. The number of anilines is 1. The van der Waals surface area contributed by atoms with E-state index in [1.807, 2.05) is 24.3 Å². The molecule has 2 heterocycles. The highest BCUT2D eigenvalue weighted by Crippen LogP contribution is 2.17. The van der Waals surface area contributed by atoms with E-state index in [2.05, 4.69) is 32.3 Å². The van der Waals surface area contributed by atoms with Crippen molar-refractivity contribution in [3.05, 3.63) is 24.3 Å². The lowest BCUT2D eigenvalue weighted by Gasteiger charge is -2.35. The molecule has 1 atom stereocenters. The van der Waals surface area contributed by atoms with Gasteiger partial charge in [0.1, 0.15) is 5.52 Å². The Bertz CT molecular complexity index is 542. The van der Waals surface area contributed by atoms with E-state index in [0.717, 1.165) is 43.0 Å². The maximum atomic E-state index is 4.62. The third-order valence-electron chi connectivity index (χ3n) is 3.43. The monoisotopic (exact) mass is 243 g/mol. The molecule has 5 heteroatoms. The molecule has 3 rings (SSSR count). The Kier molecular flexibility index (Phi) is 3.06. The van der Waals surface area contributed by atoms with E-state index in [9.17, 15) is 0 Å². The van der Waals surface area contributed by atoms with E-state index in [4.69, 9.17) is 0 Å². The second kappa shape index (κ2) is 4.86. The minimum Gasteiger partial charge on any atom is -0.334 e. The number of rotatable bonds is 2. The lowest BCUT2D eigenvalue weighted by molar-refractivity contribution is 0.458. The Morgan fingerprint density at radius 2 is 2.11 bits per heavy atom. The number of benzene rings is 1. The summed E-state index contributed by atoms with van der Waals surface area (Å²) in [6.45, 7) is 5.11. The molecule has 0 aliphatic carbocycles. The Morgan fingerprint density at radius 3 is 2.94 bits per heavy atom. The van der Waals surface area contributed by atoms with Crippen LogP contribution in [0.5, 0.6) is 0 Å². The first-order valence-corrected chi connectivity index (χ1v) is 6.45. The molecule has 1 fully saturated rings. The average molecular weight is 243 g/mol. The summed E-state index contributed by atoms with van der Waals surface area (Å²) in [5, 5.41) is 11.9. The zero-order valence-electron chi connectivity index (χ0n) is 10.5. The SMILES string of the molecule is CCC1CNCCN1c1nnc2ccccc2n1. The summed E-state index contributed by atoms with van der Waals surface area (Å²) in [6.07, 6.45) is 1.09. The van der Waals surface area contributed by atoms with Gasteiger partial charge in [0.05, 0.1) is 5.52 Å². The predicted molar refractivity (Wildman–Crippen MR) is 71.6 cm³/mol. The van der Waals surface area contributed by atoms with Gasteiger partial charge in [-0.2, -0.15) is 0 Å². The smallest absolute Gasteiger partial charge is 0.246 e. The summed E-state index contributed by atoms with van der Waals surface area (Å²) >= 11 is 0. The summed E-state index contributed by atoms with van der Waals surface area (Å²) in [7, 11) is 0. The van der Waals surface area contributed by atoms with E-state index >= 15 is 0 Å². The number of hydrogen-bond donors (Lipinski definition) is 1. The molecule has 0 radical (unpaired) electrons. The molecule has 0 amide bonds. The maximum Gasteiger partial charge on any atom is 0.246 e. The van der Waals surface area contributed by atoms with E-state index < -0.39 is 0 Å². The summed E-state index contributed by atoms with van der Waals surface area (Å²) in [4.78, 5) is 6.88. The molecule has 1 aliphatic heterocycles. The normalized spacial score (nSPS) is 20.3. The quantitative estimate of drug-likeness (QED) is 0.859. The van der Waals surface area contributed by atoms with Crippen molar-refractivity contribution in [2.24, 2.45) is 0 Å². The van der Waals surface area contributed by atoms with E-state index in [-0.39, 0.29) is 0 Å². The molecule has 1 saturated heterocycles. The fourth-order valence-corrected chi connectivity index (χ4v) is 2.38. The van der Waals surface area contributed by atoms with Crippen LogP contribution in [0.25, 0.3) is 11.0 Å². The van der Waals surface area contributed by atoms with Crippen LogP contribution in [0.15, 0.2) is 24.3 Å². The largest absolute Gasteiger partial charge is 0.334 e. The van der Waals surface area contributed by atoms with E-state index in [1.54, 1.807) is 0 Å². The molecule has 0 spiro atoms. The van der Waals surface area contributed by atoms with Gasteiger partial charge in [-0.1, -0.05) is 19.1 Å². The van der Waals surface area contributed by atoms with Crippen molar-refractivity contribution in [2.45, 2.75) is 19.4 Å². The number of para-hydroxylation sites is 1. The van der Waals surface area contributed by atoms with Crippen molar-refractivity contribution in [2.75, 3.05) is 24.5 Å². The molecule has 2 aromatic rings. The van der Waals surface area contributed by atoms with Crippen LogP contribution in [0.2, 0.25) is 0 Å². The molecule has 1 N–H and O–H groups in total. The number of piperazine rings is 1. The fraction of sp³-hybridized carbons (Fsp3) is 0.462.